The minimum absolute atomic E-state index is 0.00642. The van der Waals surface area contributed by atoms with Gasteiger partial charge < -0.3 is 24.2 Å². The Balaban J connectivity index is 1.81. The third-order valence-corrected chi connectivity index (χ3v) is 6.49. The first-order valence-corrected chi connectivity index (χ1v) is 13.0. The monoisotopic (exact) mass is 530 g/mol. The van der Waals surface area contributed by atoms with Crippen LogP contribution in [0, 0.1) is 5.92 Å². The van der Waals surface area contributed by atoms with Gasteiger partial charge >= 0.3 is 0 Å². The van der Waals surface area contributed by atoms with Crippen molar-refractivity contribution in [1.29, 1.82) is 0 Å². The van der Waals surface area contributed by atoms with Crippen LogP contribution in [-0.2, 0) is 16.1 Å². The first-order valence-electron chi connectivity index (χ1n) is 13.0. The maximum Gasteiger partial charge on any atom is 0.295 e. The summed E-state index contributed by atoms with van der Waals surface area (Å²) < 4.78 is 17.1. The highest BCUT2D eigenvalue weighted by molar-refractivity contribution is 6.46. The number of hydrogen-bond acceptors (Lipinski definition) is 7. The zero-order valence-electron chi connectivity index (χ0n) is 22.7. The number of amides is 1. The second-order valence-electron chi connectivity index (χ2n) is 9.69. The van der Waals surface area contributed by atoms with Gasteiger partial charge in [-0.2, -0.15) is 0 Å². The van der Waals surface area contributed by atoms with Crippen molar-refractivity contribution >= 4 is 17.4 Å². The third-order valence-electron chi connectivity index (χ3n) is 6.49. The van der Waals surface area contributed by atoms with Crippen LogP contribution in [0.4, 0.5) is 0 Å². The summed E-state index contributed by atoms with van der Waals surface area (Å²) in [5.74, 6) is 0.333. The average molecular weight is 531 g/mol. The number of carbonyl (C=O) groups excluding carboxylic acids is 2. The molecular weight excluding hydrogens is 496 g/mol. The molecule has 0 spiro atoms. The van der Waals surface area contributed by atoms with Crippen molar-refractivity contribution in [2.75, 3.05) is 20.3 Å². The number of ketones is 1. The van der Waals surface area contributed by atoms with E-state index < -0.39 is 17.7 Å². The number of aliphatic hydroxyl groups excluding tert-OH is 1. The molecule has 1 aliphatic rings. The molecule has 0 bridgehead atoms. The lowest BCUT2D eigenvalue weighted by atomic mass is 9.94. The number of methoxy groups -OCH3 is 1. The summed E-state index contributed by atoms with van der Waals surface area (Å²) in [6.07, 6.45) is 4.18. The minimum atomic E-state index is -0.862. The van der Waals surface area contributed by atoms with Crippen LogP contribution < -0.4 is 14.2 Å². The van der Waals surface area contributed by atoms with Crippen LogP contribution >= 0.6 is 0 Å². The van der Waals surface area contributed by atoms with Gasteiger partial charge in [0, 0.05) is 24.5 Å². The Morgan fingerprint density at radius 2 is 1.87 bits per heavy atom. The van der Waals surface area contributed by atoms with Crippen molar-refractivity contribution in [1.82, 2.24) is 9.88 Å². The molecule has 3 aromatic rings. The predicted molar refractivity (Wildman–Crippen MR) is 148 cm³/mol. The Morgan fingerprint density at radius 1 is 1.05 bits per heavy atom. The zero-order chi connectivity index (χ0) is 27.9. The number of hydrogen-bond donors (Lipinski definition) is 1. The van der Waals surface area contributed by atoms with Crippen LogP contribution in [0.5, 0.6) is 17.2 Å². The summed E-state index contributed by atoms with van der Waals surface area (Å²) in [5, 5.41) is 11.4. The Morgan fingerprint density at radius 3 is 2.56 bits per heavy atom. The van der Waals surface area contributed by atoms with Crippen LogP contribution in [0.15, 0.2) is 72.6 Å². The number of nitrogens with zero attached hydrogens (tertiary/aromatic N) is 2. The molecule has 4 rings (SSSR count). The molecule has 0 saturated carbocycles. The Bertz CT molecular complexity index is 1350. The van der Waals surface area contributed by atoms with Crippen molar-refractivity contribution in [3.63, 3.8) is 0 Å². The van der Waals surface area contributed by atoms with E-state index in [0.717, 1.165) is 12.0 Å². The highest BCUT2D eigenvalue weighted by Gasteiger charge is 2.46. The van der Waals surface area contributed by atoms with Gasteiger partial charge in [0.1, 0.15) is 11.5 Å². The minimum Gasteiger partial charge on any atom is -0.507 e. The molecule has 1 aromatic heterocycles. The predicted octanol–water partition coefficient (Wildman–Crippen LogP) is 5.54. The van der Waals surface area contributed by atoms with Gasteiger partial charge in [0.15, 0.2) is 11.5 Å². The van der Waals surface area contributed by atoms with Crippen LogP contribution in [0.1, 0.15) is 49.9 Å². The quantitative estimate of drug-likeness (QED) is 0.198. The van der Waals surface area contributed by atoms with Crippen LogP contribution in [0.3, 0.4) is 0 Å². The molecule has 2 aromatic carbocycles. The smallest absolute Gasteiger partial charge is 0.295 e. The van der Waals surface area contributed by atoms with E-state index in [2.05, 4.69) is 18.8 Å². The van der Waals surface area contributed by atoms with E-state index in [-0.39, 0.29) is 17.9 Å². The summed E-state index contributed by atoms with van der Waals surface area (Å²) in [4.78, 5) is 32.4. The second kappa shape index (κ2) is 12.5. The zero-order valence-corrected chi connectivity index (χ0v) is 22.7. The van der Waals surface area contributed by atoms with Gasteiger partial charge in [-0.25, -0.2) is 0 Å². The molecular formula is C31H34N2O6. The highest BCUT2D eigenvalue weighted by atomic mass is 16.5. The average Bonchev–Trinajstić information content (AvgIpc) is 3.18. The van der Waals surface area contributed by atoms with E-state index in [1.165, 1.54) is 4.90 Å². The number of ether oxygens (including phenoxy) is 3. The van der Waals surface area contributed by atoms with E-state index in [0.29, 0.717) is 47.5 Å². The summed E-state index contributed by atoms with van der Waals surface area (Å²) in [5.41, 5.74) is 1.73. The normalized spacial score (nSPS) is 16.5. The number of aliphatic hydroxyl groups is 1. The van der Waals surface area contributed by atoms with Gasteiger partial charge in [0.25, 0.3) is 11.7 Å². The number of carbonyl (C=O) groups is 2. The Kier molecular flexibility index (Phi) is 8.86. The standard InChI is InChI=1S/C31H34N2O6/c1-5-38-24-10-6-9-23(16-24)29(34)27-28(33(31(36)30(27)35)19-21-8-7-14-32-18-21)22-11-12-25(26(17-22)37-4)39-15-13-20(2)3/h6-12,14,16-18,20,28,34H,5,13,15,19H2,1-4H3/b29-27+. The van der Waals surface area contributed by atoms with E-state index in [1.807, 2.05) is 13.0 Å². The maximum atomic E-state index is 13.4. The molecule has 1 aliphatic heterocycles. The van der Waals surface area contributed by atoms with Gasteiger partial charge in [-0.1, -0.05) is 38.1 Å². The fourth-order valence-electron chi connectivity index (χ4n) is 4.51. The fourth-order valence-corrected chi connectivity index (χ4v) is 4.51. The molecule has 0 aliphatic carbocycles. The SMILES string of the molecule is CCOc1cccc(/C(O)=C2\C(=O)C(=O)N(Cc3cccnc3)C2c2ccc(OCCC(C)C)c(OC)c2)c1. The van der Waals surface area contributed by atoms with Gasteiger partial charge in [0.2, 0.25) is 0 Å². The maximum absolute atomic E-state index is 13.4. The molecule has 1 atom stereocenters. The third kappa shape index (κ3) is 6.22. The lowest BCUT2D eigenvalue weighted by molar-refractivity contribution is -0.140. The molecule has 8 heteroatoms. The highest BCUT2D eigenvalue weighted by Crippen LogP contribution is 2.43. The van der Waals surface area contributed by atoms with E-state index in [4.69, 9.17) is 14.2 Å². The molecule has 204 valence electrons. The Labute approximate surface area is 228 Å². The number of Topliss-reactive ketones (excluding diaryl/α,β-unsaturated/α-hetero) is 1. The summed E-state index contributed by atoms with van der Waals surface area (Å²) in [6, 6.07) is 14.9. The van der Waals surface area contributed by atoms with Crippen LogP contribution in [0.25, 0.3) is 5.76 Å². The largest absolute Gasteiger partial charge is 0.507 e. The molecule has 8 nitrogen and oxygen atoms in total. The van der Waals surface area contributed by atoms with Crippen LogP contribution in [-0.4, -0.2) is 47.0 Å². The molecule has 1 fully saturated rings. The molecule has 0 radical (unpaired) electrons. The second-order valence-corrected chi connectivity index (χ2v) is 9.69. The molecule has 1 N–H and O–H groups in total. The molecule has 1 saturated heterocycles. The summed E-state index contributed by atoms with van der Waals surface area (Å²) >= 11 is 0. The number of benzene rings is 2. The fraction of sp³-hybridized carbons (Fsp3) is 0.323. The summed E-state index contributed by atoms with van der Waals surface area (Å²) in [7, 11) is 1.54. The van der Waals surface area contributed by atoms with Gasteiger partial charge in [0.05, 0.1) is 31.9 Å². The number of aromatic nitrogens is 1. The molecule has 1 unspecified atom stereocenters. The Hall–Kier alpha value is -4.33. The van der Waals surface area contributed by atoms with E-state index in [9.17, 15) is 14.7 Å². The van der Waals surface area contributed by atoms with Crippen molar-refractivity contribution in [2.45, 2.75) is 39.8 Å². The van der Waals surface area contributed by atoms with Crippen molar-refractivity contribution in [2.24, 2.45) is 5.92 Å². The van der Waals surface area contributed by atoms with E-state index >= 15 is 0 Å². The first-order chi connectivity index (χ1) is 18.8. The lowest BCUT2D eigenvalue weighted by Crippen LogP contribution is -2.29. The van der Waals surface area contributed by atoms with Gasteiger partial charge in [-0.05, 0) is 60.7 Å². The summed E-state index contributed by atoms with van der Waals surface area (Å²) in [6.45, 7) is 7.22. The van der Waals surface area contributed by atoms with Crippen molar-refractivity contribution in [3.05, 3.63) is 89.3 Å². The topological polar surface area (TPSA) is 98.2 Å². The van der Waals surface area contributed by atoms with E-state index in [1.54, 1.807) is 68.0 Å². The molecule has 1 amide bonds. The molecule has 2 heterocycles. The number of pyridine rings is 1. The van der Waals surface area contributed by atoms with Crippen molar-refractivity contribution < 1.29 is 28.9 Å². The van der Waals surface area contributed by atoms with Crippen molar-refractivity contribution in [3.8, 4) is 17.2 Å². The lowest BCUT2D eigenvalue weighted by Gasteiger charge is -2.26. The molecule has 39 heavy (non-hydrogen) atoms. The first kappa shape index (κ1) is 27.7. The van der Waals surface area contributed by atoms with Gasteiger partial charge in [-0.3, -0.25) is 14.6 Å². The van der Waals surface area contributed by atoms with Gasteiger partial charge in [-0.15, -0.1) is 0 Å². The van der Waals surface area contributed by atoms with Crippen LogP contribution in [0.2, 0.25) is 0 Å². The number of likely N-dealkylation sites (tertiary alicyclic amines) is 1. The number of rotatable bonds is 11.